The molecule has 1 aromatic heterocycles. The number of halogens is 3. The average molecular weight is 275 g/mol. The predicted molar refractivity (Wildman–Crippen MR) is 61.7 cm³/mol. The van der Waals surface area contributed by atoms with Crippen LogP contribution in [-0.2, 0) is 25.4 Å². The Bertz CT molecular complexity index is 503. The van der Waals surface area contributed by atoms with Gasteiger partial charge in [0.1, 0.15) is 18.0 Å². The number of alkyl halides is 3. The van der Waals surface area contributed by atoms with Gasteiger partial charge in [0, 0.05) is 31.5 Å². The number of fused-ring (bicyclic) bond motifs is 3. The van der Waals surface area contributed by atoms with Crippen LogP contribution in [0.4, 0.5) is 13.2 Å². The van der Waals surface area contributed by atoms with E-state index in [1.807, 2.05) is 0 Å². The van der Waals surface area contributed by atoms with E-state index in [1.54, 1.807) is 0 Å². The van der Waals surface area contributed by atoms with Crippen molar-refractivity contribution in [2.24, 2.45) is 0 Å². The van der Waals surface area contributed by atoms with Gasteiger partial charge in [0.15, 0.2) is 0 Å². The number of rotatable bonds is 1. The van der Waals surface area contributed by atoms with Crippen molar-refractivity contribution in [2.75, 3.05) is 13.2 Å². The Kier molecular flexibility index (Phi) is 2.86. The van der Waals surface area contributed by atoms with E-state index < -0.39 is 24.6 Å². The minimum Gasteiger partial charge on any atom is -0.385 e. The van der Waals surface area contributed by atoms with Crippen molar-refractivity contribution in [3.63, 3.8) is 0 Å². The van der Waals surface area contributed by atoms with E-state index in [0.717, 1.165) is 4.68 Å². The van der Waals surface area contributed by atoms with E-state index in [1.165, 1.54) is 0 Å². The Morgan fingerprint density at radius 1 is 1.37 bits per heavy atom. The highest BCUT2D eigenvalue weighted by molar-refractivity contribution is 5.32. The molecule has 0 aliphatic carbocycles. The third-order valence-corrected chi connectivity index (χ3v) is 3.92. The summed E-state index contributed by atoms with van der Waals surface area (Å²) in [6.07, 6.45) is -0.229. The van der Waals surface area contributed by atoms with Crippen LogP contribution in [0.1, 0.15) is 29.8 Å². The first-order chi connectivity index (χ1) is 8.95. The van der Waals surface area contributed by atoms with E-state index in [0.29, 0.717) is 30.8 Å². The highest BCUT2D eigenvalue weighted by Gasteiger charge is 2.46. The minimum absolute atomic E-state index is 0.154. The van der Waals surface area contributed by atoms with Gasteiger partial charge in [-0.3, -0.25) is 4.68 Å². The highest BCUT2D eigenvalue weighted by Crippen LogP contribution is 2.41. The van der Waals surface area contributed by atoms with Crippen molar-refractivity contribution in [3.8, 4) is 0 Å². The molecule has 0 amide bonds. The fraction of sp³-hybridized carbons (Fsp3) is 0.750. The second kappa shape index (κ2) is 4.21. The van der Waals surface area contributed by atoms with Crippen molar-refractivity contribution in [3.05, 3.63) is 17.0 Å². The summed E-state index contributed by atoms with van der Waals surface area (Å²) in [4.78, 5) is 0. The number of aliphatic hydroxyl groups is 1. The van der Waals surface area contributed by atoms with Crippen molar-refractivity contribution in [1.29, 1.82) is 0 Å². The number of nitrogens with one attached hydrogen (secondary N) is 1. The molecule has 0 spiro atoms. The van der Waals surface area contributed by atoms with Crippen LogP contribution >= 0.6 is 0 Å². The zero-order chi connectivity index (χ0) is 13.7. The Morgan fingerprint density at radius 3 is 2.89 bits per heavy atom. The monoisotopic (exact) mass is 275 g/mol. The molecule has 3 rings (SSSR count). The SMILES string of the molecule is O[C@@]1(CF)CCC(F)(F)c2c3c(nn2C1)CCNC3. The molecule has 0 aromatic carbocycles. The second-order valence-corrected chi connectivity index (χ2v) is 5.42. The zero-order valence-corrected chi connectivity index (χ0v) is 10.4. The van der Waals surface area contributed by atoms with Crippen LogP contribution in [0.2, 0.25) is 0 Å². The molecule has 1 atom stereocenters. The summed E-state index contributed by atoms with van der Waals surface area (Å²) in [5.41, 5.74) is -0.744. The molecule has 106 valence electrons. The lowest BCUT2D eigenvalue weighted by Crippen LogP contribution is -2.36. The van der Waals surface area contributed by atoms with Gasteiger partial charge < -0.3 is 10.4 Å². The smallest absolute Gasteiger partial charge is 0.289 e. The molecule has 2 aliphatic heterocycles. The molecule has 3 heterocycles. The van der Waals surface area contributed by atoms with Gasteiger partial charge in [-0.1, -0.05) is 0 Å². The Labute approximate surface area is 108 Å². The summed E-state index contributed by atoms with van der Waals surface area (Å²) in [5.74, 6) is -3.07. The first-order valence-corrected chi connectivity index (χ1v) is 6.41. The van der Waals surface area contributed by atoms with E-state index in [2.05, 4.69) is 10.4 Å². The van der Waals surface area contributed by atoms with Crippen molar-refractivity contribution >= 4 is 0 Å². The maximum atomic E-state index is 14.2. The first-order valence-electron chi connectivity index (χ1n) is 6.41. The third kappa shape index (κ3) is 2.04. The summed E-state index contributed by atoms with van der Waals surface area (Å²) in [6, 6.07) is 0. The summed E-state index contributed by atoms with van der Waals surface area (Å²) in [7, 11) is 0. The van der Waals surface area contributed by atoms with E-state index in [-0.39, 0.29) is 18.7 Å². The Morgan fingerprint density at radius 2 is 2.16 bits per heavy atom. The number of aromatic nitrogens is 2. The van der Waals surface area contributed by atoms with Crippen LogP contribution in [0.3, 0.4) is 0 Å². The van der Waals surface area contributed by atoms with Gasteiger partial charge in [-0.25, -0.2) is 4.39 Å². The van der Waals surface area contributed by atoms with Crippen molar-refractivity contribution in [1.82, 2.24) is 15.1 Å². The lowest BCUT2D eigenvalue weighted by molar-refractivity contribution is -0.0472. The number of hydrogen-bond donors (Lipinski definition) is 2. The molecule has 0 radical (unpaired) electrons. The molecular formula is C12H16F3N3O. The quantitative estimate of drug-likeness (QED) is 0.807. The summed E-state index contributed by atoms with van der Waals surface area (Å²) in [5, 5.41) is 17.2. The molecular weight excluding hydrogens is 259 g/mol. The molecule has 4 nitrogen and oxygen atoms in total. The maximum Gasteiger partial charge on any atom is 0.289 e. The van der Waals surface area contributed by atoms with Gasteiger partial charge >= 0.3 is 0 Å². The maximum absolute atomic E-state index is 14.2. The van der Waals surface area contributed by atoms with E-state index >= 15 is 0 Å². The van der Waals surface area contributed by atoms with Gasteiger partial charge in [0.25, 0.3) is 5.92 Å². The minimum atomic E-state index is -3.07. The fourth-order valence-electron chi connectivity index (χ4n) is 2.85. The average Bonchev–Trinajstić information content (AvgIpc) is 2.70. The first kappa shape index (κ1) is 12.9. The van der Waals surface area contributed by atoms with Crippen LogP contribution in [0, 0.1) is 0 Å². The zero-order valence-electron chi connectivity index (χ0n) is 10.4. The highest BCUT2D eigenvalue weighted by atomic mass is 19.3. The van der Waals surface area contributed by atoms with Gasteiger partial charge in [-0.05, 0) is 6.42 Å². The molecule has 0 unspecified atom stereocenters. The molecule has 2 aliphatic rings. The molecule has 19 heavy (non-hydrogen) atoms. The Hall–Kier alpha value is -1.08. The molecule has 0 bridgehead atoms. The molecule has 1 aromatic rings. The number of hydrogen-bond acceptors (Lipinski definition) is 3. The van der Waals surface area contributed by atoms with Crippen LogP contribution < -0.4 is 5.32 Å². The Balaban J connectivity index is 2.11. The van der Waals surface area contributed by atoms with E-state index in [4.69, 9.17) is 0 Å². The van der Waals surface area contributed by atoms with E-state index in [9.17, 15) is 18.3 Å². The fourth-order valence-corrected chi connectivity index (χ4v) is 2.85. The second-order valence-electron chi connectivity index (χ2n) is 5.42. The topological polar surface area (TPSA) is 50.1 Å². The normalized spacial score (nSPS) is 29.5. The van der Waals surface area contributed by atoms with Crippen LogP contribution in [0.15, 0.2) is 0 Å². The third-order valence-electron chi connectivity index (χ3n) is 3.92. The standard InChI is InChI=1S/C12H16F3N3O/c13-6-11(19)2-3-12(14,15)10-8-5-16-4-1-9(8)17-18(10)7-11/h16,19H,1-7H2/t11-/m1/s1. The van der Waals surface area contributed by atoms with Gasteiger partial charge in [0.05, 0.1) is 12.2 Å². The number of nitrogens with zero attached hydrogens (tertiary/aromatic N) is 2. The lowest BCUT2D eigenvalue weighted by atomic mass is 9.96. The van der Waals surface area contributed by atoms with Crippen LogP contribution in [-0.4, -0.2) is 33.7 Å². The predicted octanol–water partition coefficient (Wildman–Crippen LogP) is 1.12. The molecule has 2 N–H and O–H groups in total. The van der Waals surface area contributed by atoms with Crippen molar-refractivity contribution in [2.45, 2.75) is 43.9 Å². The molecule has 0 saturated carbocycles. The van der Waals surface area contributed by atoms with Crippen LogP contribution in [0.5, 0.6) is 0 Å². The summed E-state index contributed by atoms with van der Waals surface area (Å²) < 4.78 is 42.5. The van der Waals surface area contributed by atoms with Gasteiger partial charge in [-0.2, -0.15) is 13.9 Å². The summed E-state index contributed by atoms with van der Waals surface area (Å²) >= 11 is 0. The molecule has 0 fully saturated rings. The lowest BCUT2D eigenvalue weighted by Gasteiger charge is -2.22. The van der Waals surface area contributed by atoms with Gasteiger partial charge in [0.2, 0.25) is 0 Å². The van der Waals surface area contributed by atoms with Crippen LogP contribution in [0.25, 0.3) is 0 Å². The molecule has 7 heteroatoms. The van der Waals surface area contributed by atoms with Gasteiger partial charge in [-0.15, -0.1) is 0 Å². The van der Waals surface area contributed by atoms with Crippen molar-refractivity contribution < 1.29 is 18.3 Å². The summed E-state index contributed by atoms with van der Waals surface area (Å²) in [6.45, 7) is -0.191. The largest absolute Gasteiger partial charge is 0.385 e. The molecule has 0 saturated heterocycles.